The monoisotopic (exact) mass is 342 g/mol. The predicted molar refractivity (Wildman–Crippen MR) is 96.3 cm³/mol. The van der Waals surface area contributed by atoms with Gasteiger partial charge in [-0.2, -0.15) is 0 Å². The fourth-order valence-corrected chi connectivity index (χ4v) is 5.14. The van der Waals surface area contributed by atoms with Crippen molar-refractivity contribution in [3.8, 4) is 0 Å². The van der Waals surface area contributed by atoms with Gasteiger partial charge in [0.05, 0.1) is 21.1 Å². The average Bonchev–Trinajstić information content (AvgIpc) is 3.30. The SMILES string of the molecule is CCc1ccc(C(=O)N2CCC[C@H]2c2nc3ccccc3s2)s1. The summed E-state index contributed by atoms with van der Waals surface area (Å²) in [6, 6.07) is 12.4. The van der Waals surface area contributed by atoms with Gasteiger partial charge < -0.3 is 4.90 Å². The van der Waals surface area contributed by atoms with Crippen LogP contribution in [0.4, 0.5) is 0 Å². The van der Waals surface area contributed by atoms with E-state index >= 15 is 0 Å². The molecule has 0 N–H and O–H groups in total. The zero-order valence-corrected chi connectivity index (χ0v) is 14.6. The van der Waals surface area contributed by atoms with Crippen LogP contribution in [0, 0.1) is 0 Å². The lowest BCUT2D eigenvalue weighted by atomic mass is 10.2. The number of rotatable bonds is 3. The number of aromatic nitrogens is 1. The van der Waals surface area contributed by atoms with Gasteiger partial charge in [0.15, 0.2) is 0 Å². The average molecular weight is 342 g/mol. The molecule has 3 aromatic rings. The molecule has 0 bridgehead atoms. The van der Waals surface area contributed by atoms with E-state index in [-0.39, 0.29) is 11.9 Å². The zero-order chi connectivity index (χ0) is 15.8. The number of hydrogen-bond donors (Lipinski definition) is 0. The molecule has 4 rings (SSSR count). The van der Waals surface area contributed by atoms with Gasteiger partial charge in [0, 0.05) is 11.4 Å². The highest BCUT2D eigenvalue weighted by Crippen LogP contribution is 2.37. The smallest absolute Gasteiger partial charge is 0.264 e. The molecule has 0 aliphatic carbocycles. The standard InChI is InChI=1S/C18H18N2OS2/c1-2-12-9-10-16(22-12)18(21)20-11-5-7-14(20)17-19-13-6-3-4-8-15(13)23-17/h3-4,6,8-10,14H,2,5,7,11H2,1H3/t14-/m0/s1. The first-order chi connectivity index (χ1) is 11.3. The van der Waals surface area contributed by atoms with Crippen LogP contribution in [0.2, 0.25) is 0 Å². The van der Waals surface area contributed by atoms with E-state index in [0.717, 1.165) is 41.2 Å². The number of nitrogens with zero attached hydrogens (tertiary/aromatic N) is 2. The second-order valence-electron chi connectivity index (χ2n) is 5.80. The number of aryl methyl sites for hydroxylation is 1. The molecule has 118 valence electrons. The first-order valence-corrected chi connectivity index (χ1v) is 9.64. The molecule has 3 nitrogen and oxygen atoms in total. The van der Waals surface area contributed by atoms with Gasteiger partial charge in [-0.1, -0.05) is 19.1 Å². The summed E-state index contributed by atoms with van der Waals surface area (Å²) in [5, 5.41) is 1.07. The summed E-state index contributed by atoms with van der Waals surface area (Å²) in [5.41, 5.74) is 1.04. The second-order valence-corrected chi connectivity index (χ2v) is 8.03. The highest BCUT2D eigenvalue weighted by molar-refractivity contribution is 7.18. The Morgan fingerprint density at radius 1 is 1.26 bits per heavy atom. The van der Waals surface area contributed by atoms with Crippen LogP contribution in [0.15, 0.2) is 36.4 Å². The van der Waals surface area contributed by atoms with E-state index in [9.17, 15) is 4.79 Å². The molecule has 1 amide bonds. The molecule has 0 unspecified atom stereocenters. The van der Waals surface area contributed by atoms with Crippen molar-refractivity contribution in [1.29, 1.82) is 0 Å². The van der Waals surface area contributed by atoms with E-state index in [1.54, 1.807) is 22.7 Å². The minimum atomic E-state index is 0.132. The Labute approximate surface area is 143 Å². The normalized spacial score (nSPS) is 18.0. The van der Waals surface area contributed by atoms with Gasteiger partial charge in [-0.25, -0.2) is 4.98 Å². The molecule has 1 aliphatic rings. The van der Waals surface area contributed by atoms with Gasteiger partial charge in [0.2, 0.25) is 0 Å². The Morgan fingerprint density at radius 3 is 2.91 bits per heavy atom. The van der Waals surface area contributed by atoms with Gasteiger partial charge >= 0.3 is 0 Å². The third-order valence-corrected chi connectivity index (χ3v) is 6.69. The quantitative estimate of drug-likeness (QED) is 0.678. The van der Waals surface area contributed by atoms with Crippen molar-refractivity contribution in [2.75, 3.05) is 6.54 Å². The van der Waals surface area contributed by atoms with Crippen molar-refractivity contribution in [3.05, 3.63) is 51.2 Å². The van der Waals surface area contributed by atoms with Crippen molar-refractivity contribution < 1.29 is 4.79 Å². The molecule has 1 saturated heterocycles. The zero-order valence-electron chi connectivity index (χ0n) is 13.0. The fraction of sp³-hybridized carbons (Fsp3) is 0.333. The van der Waals surface area contributed by atoms with Gasteiger partial charge in [-0.05, 0) is 43.5 Å². The third kappa shape index (κ3) is 2.68. The van der Waals surface area contributed by atoms with Gasteiger partial charge in [-0.3, -0.25) is 4.79 Å². The van der Waals surface area contributed by atoms with Crippen molar-refractivity contribution >= 4 is 38.8 Å². The Hall–Kier alpha value is -1.72. The summed E-state index contributed by atoms with van der Waals surface area (Å²) in [6.45, 7) is 2.96. The van der Waals surface area contributed by atoms with Crippen molar-refractivity contribution in [2.45, 2.75) is 32.2 Å². The maximum absolute atomic E-state index is 12.9. The molecular formula is C18H18N2OS2. The first kappa shape index (κ1) is 14.8. The molecule has 0 radical (unpaired) electrons. The summed E-state index contributed by atoms with van der Waals surface area (Å²) >= 11 is 3.34. The van der Waals surface area contributed by atoms with Crippen molar-refractivity contribution in [3.63, 3.8) is 0 Å². The predicted octanol–water partition coefficient (Wildman–Crippen LogP) is 4.90. The van der Waals surface area contributed by atoms with E-state index in [1.807, 2.05) is 29.2 Å². The first-order valence-electron chi connectivity index (χ1n) is 8.01. The number of thiazole rings is 1. The maximum Gasteiger partial charge on any atom is 0.264 e. The fourth-order valence-electron chi connectivity index (χ4n) is 3.12. The van der Waals surface area contributed by atoms with Crippen LogP contribution in [0.1, 0.15) is 45.4 Å². The van der Waals surface area contributed by atoms with Crippen LogP contribution in [0.5, 0.6) is 0 Å². The van der Waals surface area contributed by atoms with E-state index in [0.29, 0.717) is 0 Å². The maximum atomic E-state index is 12.9. The number of para-hydroxylation sites is 1. The molecule has 0 spiro atoms. The van der Waals surface area contributed by atoms with Crippen LogP contribution < -0.4 is 0 Å². The lowest BCUT2D eigenvalue weighted by Crippen LogP contribution is -2.29. The number of amides is 1. The summed E-state index contributed by atoms with van der Waals surface area (Å²) in [5.74, 6) is 0.163. The molecule has 3 heterocycles. The van der Waals surface area contributed by atoms with Crippen molar-refractivity contribution in [2.24, 2.45) is 0 Å². The summed E-state index contributed by atoms with van der Waals surface area (Å²) in [6.07, 6.45) is 3.05. The van der Waals surface area contributed by atoms with E-state index < -0.39 is 0 Å². The highest BCUT2D eigenvalue weighted by Gasteiger charge is 2.33. The summed E-state index contributed by atoms with van der Waals surface area (Å²) < 4.78 is 1.20. The van der Waals surface area contributed by atoms with E-state index in [1.165, 1.54) is 9.58 Å². The third-order valence-electron chi connectivity index (χ3n) is 4.33. The van der Waals surface area contributed by atoms with Gasteiger partial charge in [0.25, 0.3) is 5.91 Å². The molecule has 1 aromatic carbocycles. The van der Waals surface area contributed by atoms with Crippen LogP contribution >= 0.6 is 22.7 Å². The largest absolute Gasteiger partial charge is 0.328 e. The Morgan fingerprint density at radius 2 is 2.13 bits per heavy atom. The molecule has 1 fully saturated rings. The number of benzene rings is 1. The number of likely N-dealkylation sites (tertiary alicyclic amines) is 1. The number of hydrogen-bond acceptors (Lipinski definition) is 4. The minimum Gasteiger partial charge on any atom is -0.328 e. The van der Waals surface area contributed by atoms with E-state index in [4.69, 9.17) is 4.98 Å². The molecule has 0 saturated carbocycles. The number of fused-ring (bicyclic) bond motifs is 1. The minimum absolute atomic E-state index is 0.132. The van der Waals surface area contributed by atoms with Gasteiger partial charge in [-0.15, -0.1) is 22.7 Å². The lowest BCUT2D eigenvalue weighted by molar-refractivity contribution is 0.0740. The summed E-state index contributed by atoms with van der Waals surface area (Å²) in [7, 11) is 0. The highest BCUT2D eigenvalue weighted by atomic mass is 32.1. The summed E-state index contributed by atoms with van der Waals surface area (Å²) in [4.78, 5) is 21.8. The van der Waals surface area contributed by atoms with Crippen LogP contribution in [-0.2, 0) is 6.42 Å². The van der Waals surface area contributed by atoms with Crippen molar-refractivity contribution in [1.82, 2.24) is 9.88 Å². The van der Waals surface area contributed by atoms with Crippen LogP contribution in [-0.4, -0.2) is 22.3 Å². The molecule has 1 aliphatic heterocycles. The number of thiophene rings is 1. The van der Waals surface area contributed by atoms with Crippen LogP contribution in [0.3, 0.4) is 0 Å². The Balaban J connectivity index is 1.64. The molecule has 23 heavy (non-hydrogen) atoms. The molecule has 1 atom stereocenters. The topological polar surface area (TPSA) is 33.2 Å². The van der Waals surface area contributed by atoms with E-state index in [2.05, 4.69) is 19.1 Å². The molecular weight excluding hydrogens is 324 g/mol. The Bertz CT molecular complexity index is 818. The number of carbonyl (C=O) groups excluding carboxylic acids is 1. The number of carbonyl (C=O) groups is 1. The Kier molecular flexibility index (Phi) is 3.91. The lowest BCUT2D eigenvalue weighted by Gasteiger charge is -2.22. The van der Waals surface area contributed by atoms with Crippen LogP contribution in [0.25, 0.3) is 10.2 Å². The molecule has 5 heteroatoms. The molecule has 2 aromatic heterocycles. The van der Waals surface area contributed by atoms with Gasteiger partial charge in [0.1, 0.15) is 5.01 Å². The second kappa shape index (κ2) is 6.06.